The number of hydrogen-bond acceptors (Lipinski definition) is 3. The Morgan fingerprint density at radius 1 is 0.356 bits per heavy atom. The average molecular weight is 578 g/mol. The van der Waals surface area contributed by atoms with Gasteiger partial charge in [0.1, 0.15) is 16.7 Å². The fourth-order valence-corrected chi connectivity index (χ4v) is 6.64. The molecule has 7 aromatic carbocycles. The van der Waals surface area contributed by atoms with Crippen molar-refractivity contribution in [2.24, 2.45) is 0 Å². The van der Waals surface area contributed by atoms with Crippen molar-refractivity contribution in [2.75, 3.05) is 4.90 Å². The van der Waals surface area contributed by atoms with E-state index in [1.165, 1.54) is 0 Å². The molecule has 0 radical (unpaired) electrons. The van der Waals surface area contributed by atoms with E-state index in [9.17, 15) is 0 Å². The molecule has 0 aliphatic rings. The molecule has 3 nitrogen and oxygen atoms in total. The highest BCUT2D eigenvalue weighted by atomic mass is 16.3. The smallest absolute Gasteiger partial charge is 0.160 e. The van der Waals surface area contributed by atoms with Gasteiger partial charge in [0.05, 0.1) is 5.69 Å². The van der Waals surface area contributed by atoms with Crippen LogP contribution in [0.1, 0.15) is 0 Å². The predicted molar refractivity (Wildman–Crippen MR) is 187 cm³/mol. The van der Waals surface area contributed by atoms with E-state index in [0.29, 0.717) is 0 Å². The first-order valence-electron chi connectivity index (χ1n) is 15.2. The van der Waals surface area contributed by atoms with Crippen LogP contribution in [0, 0.1) is 0 Å². The minimum absolute atomic E-state index is 0.861. The highest BCUT2D eigenvalue weighted by molar-refractivity contribution is 6.14. The normalized spacial score (nSPS) is 11.6. The van der Waals surface area contributed by atoms with Gasteiger partial charge in [-0.3, -0.25) is 0 Å². The van der Waals surface area contributed by atoms with Crippen LogP contribution in [0.5, 0.6) is 0 Å². The number of fused-ring (bicyclic) bond motifs is 6. The van der Waals surface area contributed by atoms with Crippen LogP contribution in [0.15, 0.2) is 173 Å². The molecule has 0 aliphatic carbocycles. The molecule has 0 unspecified atom stereocenters. The largest absolute Gasteiger partial charge is 0.456 e. The molecular formula is C42H27NO2. The fourth-order valence-electron chi connectivity index (χ4n) is 6.64. The monoisotopic (exact) mass is 577 g/mol. The molecule has 212 valence electrons. The first-order chi connectivity index (χ1) is 22.3. The third-order valence-electron chi connectivity index (χ3n) is 8.68. The van der Waals surface area contributed by atoms with Gasteiger partial charge in [-0.05, 0) is 65.2 Å². The van der Waals surface area contributed by atoms with E-state index >= 15 is 0 Å². The molecule has 2 heterocycles. The van der Waals surface area contributed by atoms with Gasteiger partial charge in [0, 0.05) is 38.5 Å². The fraction of sp³-hybridized carbons (Fsp3) is 0. The molecule has 0 spiro atoms. The number of rotatable bonds is 5. The van der Waals surface area contributed by atoms with Gasteiger partial charge in [-0.15, -0.1) is 0 Å². The second kappa shape index (κ2) is 10.3. The van der Waals surface area contributed by atoms with Crippen molar-refractivity contribution in [1.82, 2.24) is 0 Å². The van der Waals surface area contributed by atoms with Gasteiger partial charge >= 0.3 is 0 Å². The summed E-state index contributed by atoms with van der Waals surface area (Å²) >= 11 is 0. The molecule has 0 N–H and O–H groups in total. The van der Waals surface area contributed by atoms with Crippen LogP contribution < -0.4 is 4.90 Å². The summed E-state index contributed by atoms with van der Waals surface area (Å²) in [6.07, 6.45) is 0. The van der Waals surface area contributed by atoms with E-state index < -0.39 is 0 Å². The standard InChI is InChI=1S/C42H27NO2/c1-3-12-28(13-4-1)33-26-27-35-34-16-7-9-19-37(34)45-42(35)41(33)43(30-14-5-2-6-15-30)31-24-22-29(23-25-31)32-18-11-21-39-40(32)36-17-8-10-20-38(36)44-39/h1-27H. The molecule has 0 saturated heterocycles. The van der Waals surface area contributed by atoms with Crippen LogP contribution in [0.25, 0.3) is 66.1 Å². The van der Waals surface area contributed by atoms with E-state index in [2.05, 4.69) is 138 Å². The van der Waals surface area contributed by atoms with Crippen LogP contribution in [0.4, 0.5) is 17.1 Å². The molecule has 0 saturated carbocycles. The molecule has 0 aliphatic heterocycles. The molecule has 3 heteroatoms. The van der Waals surface area contributed by atoms with Gasteiger partial charge in [-0.25, -0.2) is 0 Å². The minimum atomic E-state index is 0.861. The topological polar surface area (TPSA) is 29.5 Å². The third-order valence-corrected chi connectivity index (χ3v) is 8.68. The highest BCUT2D eigenvalue weighted by Gasteiger charge is 2.24. The van der Waals surface area contributed by atoms with Crippen LogP contribution in [-0.4, -0.2) is 0 Å². The number of benzene rings is 7. The van der Waals surface area contributed by atoms with E-state index in [1.807, 2.05) is 30.3 Å². The summed E-state index contributed by atoms with van der Waals surface area (Å²) in [4.78, 5) is 2.32. The zero-order chi connectivity index (χ0) is 29.7. The Morgan fingerprint density at radius 3 is 1.73 bits per heavy atom. The van der Waals surface area contributed by atoms with Crippen molar-refractivity contribution >= 4 is 60.9 Å². The maximum Gasteiger partial charge on any atom is 0.160 e. The Balaban J connectivity index is 1.28. The maximum atomic E-state index is 6.69. The minimum Gasteiger partial charge on any atom is -0.456 e. The predicted octanol–water partition coefficient (Wildman–Crippen LogP) is 12.3. The van der Waals surface area contributed by atoms with Crippen LogP contribution >= 0.6 is 0 Å². The Bertz CT molecular complexity index is 2470. The molecule has 9 aromatic rings. The van der Waals surface area contributed by atoms with Gasteiger partial charge in [-0.2, -0.15) is 0 Å². The summed E-state index contributed by atoms with van der Waals surface area (Å²) in [7, 11) is 0. The van der Waals surface area contributed by atoms with Crippen LogP contribution in [0.2, 0.25) is 0 Å². The lowest BCUT2D eigenvalue weighted by Crippen LogP contribution is -2.11. The number of nitrogens with zero attached hydrogens (tertiary/aromatic N) is 1. The van der Waals surface area contributed by atoms with Crippen molar-refractivity contribution in [2.45, 2.75) is 0 Å². The summed E-state index contributed by atoms with van der Waals surface area (Å²) in [5.74, 6) is 0. The summed E-state index contributed by atoms with van der Waals surface area (Å²) in [6.45, 7) is 0. The molecule has 0 fully saturated rings. The summed E-state index contributed by atoms with van der Waals surface area (Å²) in [6, 6.07) is 57.2. The number of para-hydroxylation sites is 3. The zero-order valence-corrected chi connectivity index (χ0v) is 24.4. The molecule has 0 amide bonds. The Morgan fingerprint density at radius 2 is 0.956 bits per heavy atom. The van der Waals surface area contributed by atoms with E-state index in [0.717, 1.165) is 83.2 Å². The second-order valence-corrected chi connectivity index (χ2v) is 11.3. The molecule has 0 atom stereocenters. The Kier molecular flexibility index (Phi) is 5.82. The lowest BCUT2D eigenvalue weighted by molar-refractivity contribution is 0.668. The van der Waals surface area contributed by atoms with E-state index in [4.69, 9.17) is 8.83 Å². The number of anilines is 3. The molecule has 2 aromatic heterocycles. The quantitative estimate of drug-likeness (QED) is 0.204. The van der Waals surface area contributed by atoms with Crippen molar-refractivity contribution in [1.29, 1.82) is 0 Å². The van der Waals surface area contributed by atoms with Crippen molar-refractivity contribution < 1.29 is 8.83 Å². The zero-order valence-electron chi connectivity index (χ0n) is 24.4. The third kappa shape index (κ3) is 4.13. The Labute approximate surface area is 260 Å². The number of furan rings is 2. The first kappa shape index (κ1) is 25.4. The molecule has 0 bridgehead atoms. The van der Waals surface area contributed by atoms with E-state index in [1.54, 1.807) is 0 Å². The second-order valence-electron chi connectivity index (χ2n) is 11.3. The van der Waals surface area contributed by atoms with Gasteiger partial charge in [0.25, 0.3) is 0 Å². The maximum absolute atomic E-state index is 6.69. The lowest BCUT2D eigenvalue weighted by Gasteiger charge is -2.28. The Hall–Kier alpha value is -6.06. The van der Waals surface area contributed by atoms with Gasteiger partial charge < -0.3 is 13.7 Å². The first-order valence-corrected chi connectivity index (χ1v) is 15.2. The molecular weight excluding hydrogens is 550 g/mol. The van der Waals surface area contributed by atoms with Crippen LogP contribution in [-0.2, 0) is 0 Å². The van der Waals surface area contributed by atoms with Crippen molar-refractivity contribution in [3.05, 3.63) is 164 Å². The van der Waals surface area contributed by atoms with Crippen LogP contribution in [0.3, 0.4) is 0 Å². The molecule has 9 rings (SSSR count). The van der Waals surface area contributed by atoms with Gasteiger partial charge in [0.15, 0.2) is 5.58 Å². The average Bonchev–Trinajstić information content (AvgIpc) is 3.68. The van der Waals surface area contributed by atoms with Gasteiger partial charge in [-0.1, -0.05) is 115 Å². The SMILES string of the molecule is c1ccc(-c2ccc3c(oc4ccccc43)c2N(c2ccccc2)c2ccc(-c3cccc4oc5ccccc5c34)cc2)cc1. The summed E-state index contributed by atoms with van der Waals surface area (Å²) < 4.78 is 12.9. The van der Waals surface area contributed by atoms with E-state index in [-0.39, 0.29) is 0 Å². The summed E-state index contributed by atoms with van der Waals surface area (Å²) in [5, 5.41) is 4.47. The van der Waals surface area contributed by atoms with Gasteiger partial charge in [0.2, 0.25) is 0 Å². The number of hydrogen-bond donors (Lipinski definition) is 0. The highest BCUT2D eigenvalue weighted by Crippen LogP contribution is 2.48. The lowest BCUT2D eigenvalue weighted by atomic mass is 9.97. The van der Waals surface area contributed by atoms with Crippen molar-refractivity contribution in [3.8, 4) is 22.3 Å². The summed E-state index contributed by atoms with van der Waals surface area (Å²) in [5.41, 5.74) is 11.2. The molecule has 45 heavy (non-hydrogen) atoms. The van der Waals surface area contributed by atoms with Crippen molar-refractivity contribution in [3.63, 3.8) is 0 Å².